The van der Waals surface area contributed by atoms with Gasteiger partial charge in [0.1, 0.15) is 11.4 Å². The van der Waals surface area contributed by atoms with Crippen molar-refractivity contribution in [3.8, 4) is 0 Å². The van der Waals surface area contributed by atoms with Crippen molar-refractivity contribution in [3.63, 3.8) is 0 Å². The lowest BCUT2D eigenvalue weighted by Gasteiger charge is -2.08. The van der Waals surface area contributed by atoms with Gasteiger partial charge in [-0.15, -0.1) is 0 Å². The average Bonchev–Trinajstić information content (AvgIpc) is 2.30. The molecule has 9 heteroatoms. The molecule has 0 fully saturated rings. The Morgan fingerprint density at radius 2 is 2.26 bits per heavy atom. The number of hydrogen-bond donors (Lipinski definition) is 5. The van der Waals surface area contributed by atoms with Crippen LogP contribution in [0, 0.1) is 16.2 Å². The van der Waals surface area contributed by atoms with E-state index < -0.39 is 5.56 Å². The number of halogens is 1. The zero-order valence-corrected chi connectivity index (χ0v) is 10.9. The van der Waals surface area contributed by atoms with Gasteiger partial charge in [-0.05, 0) is 11.6 Å². The third kappa shape index (κ3) is 4.51. The molecule has 0 spiro atoms. The Hall–Kier alpha value is -2.22. The zero-order valence-electron chi connectivity index (χ0n) is 10.1. The lowest BCUT2D eigenvalue weighted by molar-refractivity contribution is 0.513. The average molecular weight is 285 g/mol. The molecule has 0 aromatic carbocycles. The molecule has 0 bridgehead atoms. The molecule has 19 heavy (non-hydrogen) atoms. The maximum atomic E-state index is 11.6. The molecule has 0 amide bonds. The summed E-state index contributed by atoms with van der Waals surface area (Å²) in [5.74, 6) is -0.161. The molecule has 102 valence electrons. The highest BCUT2D eigenvalue weighted by Gasteiger charge is 2.09. The number of ether oxygens (including phenoxy) is 1. The monoisotopic (exact) mass is 284 g/mol. The largest absolute Gasteiger partial charge is 0.430 e. The summed E-state index contributed by atoms with van der Waals surface area (Å²) in [7, 11) is 0. The summed E-state index contributed by atoms with van der Waals surface area (Å²) in [5, 5.41) is 24.3. The molecule has 5 N–H and O–H groups in total. The molecular weight excluding hydrogens is 272 g/mol. The van der Waals surface area contributed by atoms with Crippen molar-refractivity contribution in [2.75, 3.05) is 11.9 Å². The maximum Gasteiger partial charge on any atom is 0.275 e. The van der Waals surface area contributed by atoms with Gasteiger partial charge in [-0.25, -0.2) is 4.98 Å². The van der Waals surface area contributed by atoms with Crippen LogP contribution in [0.4, 0.5) is 5.69 Å². The van der Waals surface area contributed by atoms with Crippen molar-refractivity contribution in [3.05, 3.63) is 21.3 Å². The molecule has 0 aliphatic carbocycles. The summed E-state index contributed by atoms with van der Waals surface area (Å²) >= 11 is 5.57. The van der Waals surface area contributed by atoms with E-state index in [1.807, 2.05) is 0 Å². The molecule has 1 aromatic rings. The topological polar surface area (TPSA) is 139 Å². The first-order chi connectivity index (χ1) is 8.93. The summed E-state index contributed by atoms with van der Waals surface area (Å²) in [6.45, 7) is 1.66. The van der Waals surface area contributed by atoms with E-state index in [2.05, 4.69) is 15.3 Å². The fraction of sp³-hybridized carbons (Fsp3) is 0.300. The van der Waals surface area contributed by atoms with Gasteiger partial charge >= 0.3 is 0 Å². The third-order valence-electron chi connectivity index (χ3n) is 1.99. The van der Waals surface area contributed by atoms with Crippen LogP contribution in [0.2, 0.25) is 5.28 Å². The molecule has 8 nitrogen and oxygen atoms in total. The van der Waals surface area contributed by atoms with Crippen molar-refractivity contribution < 1.29 is 4.74 Å². The predicted molar refractivity (Wildman–Crippen MR) is 73.1 cm³/mol. The number of anilines is 1. The van der Waals surface area contributed by atoms with Gasteiger partial charge < -0.3 is 15.5 Å². The minimum Gasteiger partial charge on any atom is -0.430 e. The van der Waals surface area contributed by atoms with Gasteiger partial charge in [0.25, 0.3) is 5.56 Å². The second-order valence-corrected chi connectivity index (χ2v) is 3.88. The summed E-state index contributed by atoms with van der Waals surface area (Å²) in [5.41, 5.74) is -0.266. The maximum absolute atomic E-state index is 11.6. The van der Waals surface area contributed by atoms with E-state index in [0.717, 1.165) is 6.21 Å². The van der Waals surface area contributed by atoms with E-state index in [9.17, 15) is 4.79 Å². The fourth-order valence-corrected chi connectivity index (χ4v) is 1.45. The Labute approximate surface area is 113 Å². The summed E-state index contributed by atoms with van der Waals surface area (Å²) in [4.78, 5) is 17.7. The fourth-order valence-electron chi connectivity index (χ4n) is 1.27. The van der Waals surface area contributed by atoms with E-state index in [1.165, 1.54) is 6.92 Å². The zero-order chi connectivity index (χ0) is 14.4. The standard InChI is InChI=1S/C10H13ClN6O2/c1-5(13)19-7(14)2-3-15-8-6(4-12)16-10(11)17-9(8)18/h4,12-15H,2-3H2,1H3,(H,16,17,18). The summed E-state index contributed by atoms with van der Waals surface area (Å²) < 4.78 is 4.75. The van der Waals surface area contributed by atoms with Crippen LogP contribution >= 0.6 is 11.6 Å². The Balaban J connectivity index is 2.68. The Kier molecular flexibility index (Phi) is 5.19. The number of hydrogen-bond acceptors (Lipinski definition) is 7. The van der Waals surface area contributed by atoms with Crippen molar-refractivity contribution in [1.82, 2.24) is 9.97 Å². The van der Waals surface area contributed by atoms with Gasteiger partial charge in [0.15, 0.2) is 11.8 Å². The number of aromatic amines is 1. The van der Waals surface area contributed by atoms with Crippen molar-refractivity contribution in [1.29, 1.82) is 16.2 Å². The van der Waals surface area contributed by atoms with Crippen LogP contribution in [0.5, 0.6) is 0 Å². The highest BCUT2D eigenvalue weighted by Crippen LogP contribution is 2.07. The Bertz CT molecular complexity index is 568. The number of rotatable bonds is 5. The van der Waals surface area contributed by atoms with Gasteiger partial charge in [0.2, 0.25) is 5.28 Å². The summed E-state index contributed by atoms with van der Waals surface area (Å²) in [6, 6.07) is 0. The Morgan fingerprint density at radius 3 is 2.84 bits per heavy atom. The lowest BCUT2D eigenvalue weighted by Crippen LogP contribution is -2.21. The molecule has 0 atom stereocenters. The van der Waals surface area contributed by atoms with Crippen molar-refractivity contribution >= 4 is 35.3 Å². The molecule has 1 aromatic heterocycles. The normalized spacial score (nSPS) is 9.79. The van der Waals surface area contributed by atoms with Gasteiger partial charge in [-0.3, -0.25) is 20.6 Å². The second kappa shape index (κ2) is 6.64. The number of nitrogens with one attached hydrogen (secondary N) is 5. The second-order valence-electron chi connectivity index (χ2n) is 3.52. The van der Waals surface area contributed by atoms with Crippen molar-refractivity contribution in [2.24, 2.45) is 0 Å². The molecule has 1 heterocycles. The molecule has 0 saturated heterocycles. The predicted octanol–water partition coefficient (Wildman–Crippen LogP) is 1.21. The van der Waals surface area contributed by atoms with Crippen molar-refractivity contribution in [2.45, 2.75) is 13.3 Å². The Morgan fingerprint density at radius 1 is 1.58 bits per heavy atom. The third-order valence-corrected chi connectivity index (χ3v) is 2.16. The van der Waals surface area contributed by atoms with Gasteiger partial charge in [0.05, 0.1) is 0 Å². The van der Waals surface area contributed by atoms with Crippen LogP contribution in [0.25, 0.3) is 0 Å². The van der Waals surface area contributed by atoms with E-state index in [4.69, 9.17) is 32.6 Å². The SMILES string of the molecule is CC(=N)OC(=N)CCNc1c(C=N)nc(Cl)[nH]c1=O. The van der Waals surface area contributed by atoms with Crippen LogP contribution in [0.1, 0.15) is 19.0 Å². The van der Waals surface area contributed by atoms with Crippen LogP contribution < -0.4 is 10.9 Å². The quantitative estimate of drug-likeness (QED) is 0.315. The van der Waals surface area contributed by atoms with Gasteiger partial charge in [-0.2, -0.15) is 0 Å². The molecule has 0 aliphatic heterocycles. The first kappa shape index (κ1) is 14.8. The van der Waals surface area contributed by atoms with Crippen LogP contribution in [-0.2, 0) is 4.74 Å². The highest BCUT2D eigenvalue weighted by molar-refractivity contribution is 6.28. The first-order valence-electron chi connectivity index (χ1n) is 5.28. The molecule has 0 saturated carbocycles. The molecule has 1 rings (SSSR count). The van der Waals surface area contributed by atoms with E-state index in [0.29, 0.717) is 0 Å². The van der Waals surface area contributed by atoms with E-state index >= 15 is 0 Å². The molecule has 0 aliphatic rings. The van der Waals surface area contributed by atoms with Crippen LogP contribution in [0.15, 0.2) is 4.79 Å². The van der Waals surface area contributed by atoms with Gasteiger partial charge in [-0.1, -0.05) is 0 Å². The molecule has 0 radical (unpaired) electrons. The van der Waals surface area contributed by atoms with E-state index in [1.54, 1.807) is 0 Å². The molecular formula is C10H13ClN6O2. The number of nitrogens with zero attached hydrogens (tertiary/aromatic N) is 1. The first-order valence-corrected chi connectivity index (χ1v) is 5.66. The highest BCUT2D eigenvalue weighted by atomic mass is 35.5. The lowest BCUT2D eigenvalue weighted by atomic mass is 10.3. The van der Waals surface area contributed by atoms with Crippen LogP contribution in [0.3, 0.4) is 0 Å². The summed E-state index contributed by atoms with van der Waals surface area (Å²) in [6.07, 6.45) is 1.10. The van der Waals surface area contributed by atoms with Gasteiger partial charge in [0, 0.05) is 26.1 Å². The van der Waals surface area contributed by atoms with Crippen LogP contribution in [-0.4, -0.2) is 34.5 Å². The van der Waals surface area contributed by atoms with E-state index in [-0.39, 0.29) is 41.4 Å². The smallest absolute Gasteiger partial charge is 0.275 e. The minimum absolute atomic E-state index is 0.0730. The minimum atomic E-state index is -0.491. The molecule has 0 unspecified atom stereocenters. The number of H-pyrrole nitrogens is 1. The number of aromatic nitrogens is 2.